The van der Waals surface area contributed by atoms with E-state index in [-0.39, 0.29) is 24.0 Å². The summed E-state index contributed by atoms with van der Waals surface area (Å²) < 4.78 is 0. The van der Waals surface area contributed by atoms with E-state index in [1.165, 1.54) is 51.0 Å². The Morgan fingerprint density at radius 3 is 2.33 bits per heavy atom. The Hall–Kier alpha value is -1.42. The molecule has 0 aromatic rings. The van der Waals surface area contributed by atoms with Gasteiger partial charge in [-0.25, -0.2) is 4.79 Å². The van der Waals surface area contributed by atoms with E-state index in [4.69, 9.17) is 5.11 Å². The van der Waals surface area contributed by atoms with Gasteiger partial charge in [-0.05, 0) is 32.1 Å². The molecule has 2 N–H and O–H groups in total. The normalized spacial score (nSPS) is 23.0. The molecule has 0 aliphatic heterocycles. The van der Waals surface area contributed by atoms with Crippen LogP contribution in [-0.2, 0) is 9.59 Å². The second-order valence-electron chi connectivity index (χ2n) is 7.78. The number of hydrogen-bond acceptors (Lipinski definition) is 3. The van der Waals surface area contributed by atoms with E-state index in [1.54, 1.807) is 6.08 Å². The van der Waals surface area contributed by atoms with Crippen molar-refractivity contribution in [1.29, 1.82) is 0 Å². The van der Waals surface area contributed by atoms with Crippen LogP contribution in [0, 0.1) is 11.8 Å². The van der Waals surface area contributed by atoms with Gasteiger partial charge in [-0.15, -0.1) is 0 Å². The molecule has 0 spiro atoms. The van der Waals surface area contributed by atoms with Crippen molar-refractivity contribution in [3.05, 3.63) is 24.3 Å². The fourth-order valence-electron chi connectivity index (χ4n) is 3.88. The van der Waals surface area contributed by atoms with Gasteiger partial charge in [0.25, 0.3) is 0 Å². The van der Waals surface area contributed by atoms with Gasteiger partial charge in [0.15, 0.2) is 0 Å². The summed E-state index contributed by atoms with van der Waals surface area (Å²) in [5, 5.41) is 18.8. The molecule has 1 saturated carbocycles. The van der Waals surface area contributed by atoms with Crippen molar-refractivity contribution >= 4 is 11.8 Å². The minimum Gasteiger partial charge on any atom is -0.478 e. The number of carbonyl (C=O) groups excluding carboxylic acids is 1. The number of aliphatic hydroxyl groups excluding tert-OH is 1. The predicted molar refractivity (Wildman–Crippen MR) is 110 cm³/mol. The number of unbranched alkanes of at least 4 members (excludes halogenated alkanes) is 9. The maximum atomic E-state index is 12.2. The molecule has 1 rings (SSSR count). The number of carboxylic acid groups (broad SMARTS) is 1. The Bertz CT molecular complexity index is 481. The van der Waals surface area contributed by atoms with E-state index in [2.05, 4.69) is 19.1 Å². The third-order valence-electron chi connectivity index (χ3n) is 5.46. The molecule has 1 fully saturated rings. The monoisotopic (exact) mass is 378 g/mol. The molecule has 154 valence electrons. The average Bonchev–Trinajstić information content (AvgIpc) is 2.89. The molecule has 4 nitrogen and oxygen atoms in total. The third-order valence-corrected chi connectivity index (χ3v) is 5.46. The van der Waals surface area contributed by atoms with Crippen LogP contribution in [0.25, 0.3) is 0 Å². The van der Waals surface area contributed by atoms with Crippen LogP contribution in [0.5, 0.6) is 0 Å². The summed E-state index contributed by atoms with van der Waals surface area (Å²) in [4.78, 5) is 22.6. The number of aliphatic carboxylic acids is 1. The zero-order valence-electron chi connectivity index (χ0n) is 16.9. The largest absolute Gasteiger partial charge is 0.478 e. The van der Waals surface area contributed by atoms with Crippen molar-refractivity contribution in [1.82, 2.24) is 0 Å². The first-order chi connectivity index (χ1) is 13.1. The summed E-state index contributed by atoms with van der Waals surface area (Å²) in [6, 6.07) is 0. The highest BCUT2D eigenvalue weighted by atomic mass is 16.4. The van der Waals surface area contributed by atoms with Gasteiger partial charge in [0.05, 0.1) is 6.10 Å². The first-order valence-corrected chi connectivity index (χ1v) is 10.8. The van der Waals surface area contributed by atoms with Gasteiger partial charge >= 0.3 is 5.97 Å². The second kappa shape index (κ2) is 14.6. The van der Waals surface area contributed by atoms with Gasteiger partial charge in [0.1, 0.15) is 5.78 Å². The van der Waals surface area contributed by atoms with E-state index in [0.717, 1.165) is 25.7 Å². The van der Waals surface area contributed by atoms with Crippen LogP contribution >= 0.6 is 0 Å². The van der Waals surface area contributed by atoms with Crippen LogP contribution in [0.15, 0.2) is 24.3 Å². The molecule has 0 amide bonds. The number of allylic oxidation sites excluding steroid dienone is 2. The lowest BCUT2D eigenvalue weighted by Gasteiger charge is -2.17. The van der Waals surface area contributed by atoms with E-state index in [9.17, 15) is 14.7 Å². The summed E-state index contributed by atoms with van der Waals surface area (Å²) in [6.07, 6.45) is 20.1. The Labute approximate surface area is 164 Å². The van der Waals surface area contributed by atoms with Crippen molar-refractivity contribution in [2.24, 2.45) is 11.8 Å². The summed E-state index contributed by atoms with van der Waals surface area (Å²) in [5.74, 6) is -0.866. The van der Waals surface area contributed by atoms with Crippen LogP contribution < -0.4 is 0 Å². The molecule has 0 aromatic carbocycles. The van der Waals surface area contributed by atoms with Gasteiger partial charge in [-0.2, -0.15) is 0 Å². The molecule has 4 heteroatoms. The van der Waals surface area contributed by atoms with Gasteiger partial charge < -0.3 is 10.2 Å². The minimum absolute atomic E-state index is 0.0448. The zero-order chi connectivity index (χ0) is 19.9. The fraction of sp³-hybridized carbons (Fsp3) is 0.739. The molecule has 0 radical (unpaired) electrons. The zero-order valence-corrected chi connectivity index (χ0v) is 16.9. The van der Waals surface area contributed by atoms with Crippen molar-refractivity contribution in [2.45, 2.75) is 96.5 Å². The van der Waals surface area contributed by atoms with E-state index in [0.29, 0.717) is 6.42 Å². The first-order valence-electron chi connectivity index (χ1n) is 10.8. The van der Waals surface area contributed by atoms with Crippen LogP contribution in [0.2, 0.25) is 0 Å². The lowest BCUT2D eigenvalue weighted by molar-refractivity contribution is -0.131. The molecular weight excluding hydrogens is 340 g/mol. The van der Waals surface area contributed by atoms with Crippen molar-refractivity contribution in [2.75, 3.05) is 0 Å². The highest BCUT2D eigenvalue weighted by molar-refractivity contribution is 5.84. The Balaban J connectivity index is 2.25. The average molecular weight is 379 g/mol. The number of carbonyl (C=O) groups is 2. The molecule has 1 aliphatic carbocycles. The van der Waals surface area contributed by atoms with Crippen molar-refractivity contribution in [3.8, 4) is 0 Å². The number of hydrogen-bond donors (Lipinski definition) is 2. The van der Waals surface area contributed by atoms with E-state index < -0.39 is 12.1 Å². The number of carboxylic acids is 1. The van der Waals surface area contributed by atoms with Crippen LogP contribution in [0.1, 0.15) is 90.4 Å². The van der Waals surface area contributed by atoms with Gasteiger partial charge in [-0.1, -0.05) is 70.1 Å². The lowest BCUT2D eigenvalue weighted by atomic mass is 9.88. The highest BCUT2D eigenvalue weighted by Crippen LogP contribution is 2.34. The molecule has 0 saturated heterocycles. The number of aliphatic hydroxyl groups is 1. The molecule has 0 heterocycles. The number of rotatable bonds is 15. The summed E-state index contributed by atoms with van der Waals surface area (Å²) in [5.41, 5.74) is 0. The van der Waals surface area contributed by atoms with Crippen LogP contribution in [-0.4, -0.2) is 28.1 Å². The Morgan fingerprint density at radius 1 is 1.00 bits per heavy atom. The lowest BCUT2D eigenvalue weighted by Crippen LogP contribution is -2.18. The molecule has 27 heavy (non-hydrogen) atoms. The number of Topliss-reactive ketones (excluding diaryl/α,β-unsaturated/α-hetero) is 1. The van der Waals surface area contributed by atoms with Gasteiger partial charge in [-0.3, -0.25) is 4.79 Å². The van der Waals surface area contributed by atoms with Crippen molar-refractivity contribution in [3.63, 3.8) is 0 Å². The second-order valence-corrected chi connectivity index (χ2v) is 7.78. The van der Waals surface area contributed by atoms with E-state index >= 15 is 0 Å². The quantitative estimate of drug-likeness (QED) is 0.226. The van der Waals surface area contributed by atoms with Crippen LogP contribution in [0.4, 0.5) is 0 Å². The first kappa shape index (κ1) is 23.6. The van der Waals surface area contributed by atoms with Gasteiger partial charge in [0, 0.05) is 24.3 Å². The smallest absolute Gasteiger partial charge is 0.327 e. The molecule has 0 unspecified atom stereocenters. The van der Waals surface area contributed by atoms with Gasteiger partial charge in [0.2, 0.25) is 0 Å². The van der Waals surface area contributed by atoms with Crippen molar-refractivity contribution < 1.29 is 19.8 Å². The standard InChI is InChI=1S/C23H38O4/c1-2-3-4-5-6-7-8-9-12-15-19-20(22(25)18-21(19)24)16-13-10-11-14-17-23(26)27/h12,14-15,17,19-21,24H,2-11,13,16,18H2,1H3,(H,26,27)/b15-12+,17-14+/t19-,20-,21-/m1/s1. The predicted octanol–water partition coefficient (Wildman–Crippen LogP) is 5.45. The third kappa shape index (κ3) is 10.5. The highest BCUT2D eigenvalue weighted by Gasteiger charge is 2.39. The van der Waals surface area contributed by atoms with Crippen LogP contribution in [0.3, 0.4) is 0 Å². The maximum absolute atomic E-state index is 12.2. The molecule has 3 atom stereocenters. The summed E-state index contributed by atoms with van der Waals surface area (Å²) >= 11 is 0. The minimum atomic E-state index is -0.921. The maximum Gasteiger partial charge on any atom is 0.327 e. The SMILES string of the molecule is CCCCCCCCC/C=C/[C@H]1[C@H](O)CC(=O)[C@@H]1CCCC/C=C/C(=O)O. The fourth-order valence-corrected chi connectivity index (χ4v) is 3.88. The summed E-state index contributed by atoms with van der Waals surface area (Å²) in [7, 11) is 0. The Kier molecular flexibility index (Phi) is 12.8. The molecule has 0 bridgehead atoms. The Morgan fingerprint density at radius 2 is 1.63 bits per heavy atom. The molecular formula is C23H38O4. The number of ketones is 1. The topological polar surface area (TPSA) is 74.6 Å². The van der Waals surface area contributed by atoms with E-state index in [1.807, 2.05) is 0 Å². The molecule has 1 aliphatic rings. The molecule has 0 aromatic heterocycles. The summed E-state index contributed by atoms with van der Waals surface area (Å²) in [6.45, 7) is 2.23.